The predicted molar refractivity (Wildman–Crippen MR) is 93.3 cm³/mol. The van der Waals surface area contributed by atoms with Crippen molar-refractivity contribution in [1.29, 1.82) is 0 Å². The third kappa shape index (κ3) is 5.96. The number of nitrogens with two attached hydrogens (primary N) is 1. The first-order chi connectivity index (χ1) is 11.2. The maximum atomic E-state index is 14.0. The van der Waals surface area contributed by atoms with Gasteiger partial charge in [-0.1, -0.05) is 31.9 Å². The van der Waals surface area contributed by atoms with E-state index < -0.39 is 0 Å². The average molecular weight is 336 g/mol. The molecule has 0 aliphatic carbocycles. The molecule has 124 valence electrons. The highest BCUT2D eigenvalue weighted by molar-refractivity contribution is 7.14. The number of unbranched alkanes of at least 4 members (excludes halogenated alkanes) is 2. The van der Waals surface area contributed by atoms with Crippen LogP contribution < -0.4 is 11.2 Å². The van der Waals surface area contributed by atoms with Crippen molar-refractivity contribution in [2.24, 2.45) is 5.10 Å². The molecular weight excluding hydrogens is 315 g/mol. The third-order valence-corrected chi connectivity index (χ3v) is 3.89. The molecule has 0 saturated carbocycles. The van der Waals surface area contributed by atoms with Gasteiger partial charge in [0, 0.05) is 17.6 Å². The summed E-state index contributed by atoms with van der Waals surface area (Å²) in [5.41, 5.74) is 9.48. The molecule has 1 heterocycles. The molecule has 2 aromatic rings. The molecule has 0 aliphatic rings. The summed E-state index contributed by atoms with van der Waals surface area (Å²) < 4.78 is 19.5. The molecule has 0 radical (unpaired) electrons. The van der Waals surface area contributed by atoms with Crippen LogP contribution in [0.4, 0.5) is 15.3 Å². The fraction of sp³-hybridized carbons (Fsp3) is 0.375. The number of nitrogens with one attached hydrogen (secondary N) is 1. The Kier molecular flexibility index (Phi) is 6.96. The number of nitrogen functional groups attached to an aromatic ring is 1. The first-order valence-corrected chi connectivity index (χ1v) is 8.43. The van der Waals surface area contributed by atoms with Crippen molar-refractivity contribution in [1.82, 2.24) is 4.98 Å². The summed E-state index contributed by atoms with van der Waals surface area (Å²) in [5.74, 6) is 0.157. The summed E-state index contributed by atoms with van der Waals surface area (Å²) in [5, 5.41) is 6.32. The Morgan fingerprint density at radius 1 is 1.43 bits per heavy atom. The van der Waals surface area contributed by atoms with Crippen LogP contribution in [-0.4, -0.2) is 17.8 Å². The lowest BCUT2D eigenvalue weighted by atomic mass is 10.1. The minimum absolute atomic E-state index is 0.289. The van der Waals surface area contributed by atoms with Crippen molar-refractivity contribution < 1.29 is 9.13 Å². The van der Waals surface area contributed by atoms with E-state index >= 15 is 0 Å². The van der Waals surface area contributed by atoms with Gasteiger partial charge in [0.05, 0.1) is 12.8 Å². The highest BCUT2D eigenvalue weighted by Gasteiger charge is 2.03. The summed E-state index contributed by atoms with van der Waals surface area (Å²) in [4.78, 5) is 4.01. The zero-order chi connectivity index (χ0) is 16.5. The summed E-state index contributed by atoms with van der Waals surface area (Å²) in [6, 6.07) is 4.96. The van der Waals surface area contributed by atoms with Crippen molar-refractivity contribution in [3.05, 3.63) is 40.5 Å². The van der Waals surface area contributed by atoms with Crippen molar-refractivity contribution in [2.75, 3.05) is 17.8 Å². The Hall–Kier alpha value is -1.99. The van der Waals surface area contributed by atoms with Crippen molar-refractivity contribution in [3.63, 3.8) is 0 Å². The number of benzene rings is 1. The summed E-state index contributed by atoms with van der Waals surface area (Å²) in [6.07, 6.45) is 4.82. The first-order valence-electron chi connectivity index (χ1n) is 7.55. The van der Waals surface area contributed by atoms with E-state index in [-0.39, 0.29) is 5.82 Å². The molecule has 3 N–H and O–H groups in total. The van der Waals surface area contributed by atoms with Gasteiger partial charge in [0.1, 0.15) is 11.6 Å². The molecular formula is C16H21FN4OS. The first kappa shape index (κ1) is 17.4. The van der Waals surface area contributed by atoms with Gasteiger partial charge >= 0.3 is 0 Å². The van der Waals surface area contributed by atoms with Crippen LogP contribution >= 0.6 is 11.3 Å². The van der Waals surface area contributed by atoms with Crippen LogP contribution in [-0.2, 0) is 11.3 Å². The average Bonchev–Trinajstić information content (AvgIpc) is 2.94. The molecule has 5 nitrogen and oxygen atoms in total. The smallest absolute Gasteiger partial charge is 0.205 e. The molecule has 0 amide bonds. The van der Waals surface area contributed by atoms with E-state index in [0.29, 0.717) is 35.3 Å². The molecule has 0 saturated heterocycles. The van der Waals surface area contributed by atoms with E-state index in [1.807, 2.05) is 0 Å². The Bertz CT molecular complexity index is 645. The van der Waals surface area contributed by atoms with E-state index in [9.17, 15) is 4.39 Å². The zero-order valence-electron chi connectivity index (χ0n) is 13.1. The van der Waals surface area contributed by atoms with Gasteiger partial charge in [-0.15, -0.1) is 11.3 Å². The minimum Gasteiger partial charge on any atom is -0.383 e. The topological polar surface area (TPSA) is 72.5 Å². The number of aromatic nitrogens is 1. The lowest BCUT2D eigenvalue weighted by molar-refractivity contribution is 0.115. The second-order valence-electron chi connectivity index (χ2n) is 5.06. The van der Waals surface area contributed by atoms with Gasteiger partial charge in [-0.3, -0.25) is 5.43 Å². The van der Waals surface area contributed by atoms with Crippen molar-refractivity contribution in [3.8, 4) is 0 Å². The number of halogens is 1. The second-order valence-corrected chi connectivity index (χ2v) is 5.92. The number of nitrogens with zero attached hydrogens (tertiary/aromatic N) is 2. The van der Waals surface area contributed by atoms with Gasteiger partial charge in [0.25, 0.3) is 0 Å². The molecule has 1 aromatic heterocycles. The number of hydrogen-bond donors (Lipinski definition) is 2. The molecule has 0 bridgehead atoms. The normalized spacial score (nSPS) is 11.2. The van der Waals surface area contributed by atoms with E-state index in [2.05, 4.69) is 22.4 Å². The quantitative estimate of drug-likeness (QED) is 0.412. The number of hydrogen-bond acceptors (Lipinski definition) is 6. The Morgan fingerprint density at radius 3 is 3.00 bits per heavy atom. The van der Waals surface area contributed by atoms with E-state index in [1.54, 1.807) is 17.5 Å². The summed E-state index contributed by atoms with van der Waals surface area (Å²) >= 11 is 1.35. The maximum Gasteiger partial charge on any atom is 0.205 e. The van der Waals surface area contributed by atoms with Crippen LogP contribution in [0.15, 0.2) is 28.7 Å². The fourth-order valence-electron chi connectivity index (χ4n) is 1.90. The van der Waals surface area contributed by atoms with Crippen LogP contribution in [0.5, 0.6) is 0 Å². The standard InChI is InChI=1S/C16H21FN4OS/c1-2-3-4-7-22-10-13-6-5-12(8-14(13)17)9-19-21-16-20-15(18)11-23-16/h5-6,8-9,11H,2-4,7,10,18H2,1H3,(H,20,21). The Balaban J connectivity index is 1.83. The monoisotopic (exact) mass is 336 g/mol. The third-order valence-electron chi connectivity index (χ3n) is 3.12. The minimum atomic E-state index is -0.289. The van der Waals surface area contributed by atoms with Crippen molar-refractivity contribution >= 4 is 28.5 Å². The molecule has 0 unspecified atom stereocenters. The highest BCUT2D eigenvalue weighted by atomic mass is 32.1. The molecule has 0 fully saturated rings. The molecule has 0 aliphatic heterocycles. The zero-order valence-corrected chi connectivity index (χ0v) is 13.9. The van der Waals surface area contributed by atoms with Crippen LogP contribution in [0.3, 0.4) is 0 Å². The molecule has 2 rings (SSSR count). The number of hydrazone groups is 1. The number of rotatable bonds is 9. The van der Waals surface area contributed by atoms with Gasteiger partial charge in [0.2, 0.25) is 5.13 Å². The molecule has 0 spiro atoms. The van der Waals surface area contributed by atoms with Crippen LogP contribution in [0, 0.1) is 5.82 Å². The lowest BCUT2D eigenvalue weighted by Crippen LogP contribution is -1.99. The number of thiazole rings is 1. The summed E-state index contributed by atoms with van der Waals surface area (Å²) in [6.45, 7) is 3.10. The van der Waals surface area contributed by atoms with E-state index in [0.717, 1.165) is 19.3 Å². The molecule has 0 atom stereocenters. The van der Waals surface area contributed by atoms with Crippen LogP contribution in [0.1, 0.15) is 37.3 Å². The van der Waals surface area contributed by atoms with Crippen LogP contribution in [0.2, 0.25) is 0 Å². The molecule has 7 heteroatoms. The van der Waals surface area contributed by atoms with Gasteiger partial charge in [-0.2, -0.15) is 5.10 Å². The van der Waals surface area contributed by atoms with Gasteiger partial charge in [-0.05, 0) is 18.1 Å². The van der Waals surface area contributed by atoms with E-state index in [1.165, 1.54) is 23.6 Å². The fourth-order valence-corrected chi connectivity index (χ4v) is 2.45. The largest absolute Gasteiger partial charge is 0.383 e. The van der Waals surface area contributed by atoms with Gasteiger partial charge in [0.15, 0.2) is 0 Å². The van der Waals surface area contributed by atoms with E-state index in [4.69, 9.17) is 10.5 Å². The lowest BCUT2D eigenvalue weighted by Gasteiger charge is -2.06. The maximum absolute atomic E-state index is 14.0. The molecule has 1 aromatic carbocycles. The van der Waals surface area contributed by atoms with Crippen molar-refractivity contribution in [2.45, 2.75) is 32.8 Å². The Labute approximate surface area is 139 Å². The second kappa shape index (κ2) is 9.22. The molecule has 23 heavy (non-hydrogen) atoms. The number of ether oxygens (including phenoxy) is 1. The van der Waals surface area contributed by atoms with Gasteiger partial charge in [-0.25, -0.2) is 9.37 Å². The van der Waals surface area contributed by atoms with Crippen LogP contribution in [0.25, 0.3) is 0 Å². The summed E-state index contributed by atoms with van der Waals surface area (Å²) in [7, 11) is 0. The van der Waals surface area contributed by atoms with Gasteiger partial charge < -0.3 is 10.5 Å². The number of anilines is 2. The highest BCUT2D eigenvalue weighted by Crippen LogP contribution is 2.16. The predicted octanol–water partition coefficient (Wildman–Crippen LogP) is 4.02. The Morgan fingerprint density at radius 2 is 2.30 bits per heavy atom. The SMILES string of the molecule is CCCCCOCc1ccc(C=NNc2nc(N)cs2)cc1F.